The Kier molecular flexibility index (Phi) is 1.26. The van der Waals surface area contributed by atoms with Crippen molar-refractivity contribution in [2.24, 2.45) is 0 Å². The zero-order chi connectivity index (χ0) is 11.7. The Balaban J connectivity index is 1.89. The van der Waals surface area contributed by atoms with E-state index in [4.69, 9.17) is 4.74 Å². The van der Waals surface area contributed by atoms with Gasteiger partial charge >= 0.3 is 0 Å². The van der Waals surface area contributed by atoms with Crippen molar-refractivity contribution in [1.82, 2.24) is 0 Å². The fourth-order valence-corrected chi connectivity index (χ4v) is 3.27. The largest absolute Gasteiger partial charge is 0.469 e. The third-order valence-electron chi connectivity index (χ3n) is 4.14. The first kappa shape index (κ1) is 8.76. The highest BCUT2D eigenvalue weighted by Gasteiger charge is 2.61. The van der Waals surface area contributed by atoms with Crippen molar-refractivity contribution < 1.29 is 4.74 Å². The summed E-state index contributed by atoms with van der Waals surface area (Å²) in [6, 6.07) is 8.49. The van der Waals surface area contributed by atoms with E-state index in [1.807, 2.05) is 0 Å². The SMILES string of the molecule is C1=CC2=C3C=Cc4ccccc4[C@]34OC4=CC2=C1. The predicted octanol–water partition coefficient (Wildman–Crippen LogP) is 3.63. The molecule has 1 aliphatic heterocycles. The molecule has 0 unspecified atom stereocenters. The molecule has 0 amide bonds. The summed E-state index contributed by atoms with van der Waals surface area (Å²) in [5.41, 5.74) is 6.14. The van der Waals surface area contributed by atoms with Crippen molar-refractivity contribution >= 4 is 6.08 Å². The Hall–Kier alpha value is -2.28. The van der Waals surface area contributed by atoms with E-state index in [2.05, 4.69) is 60.7 Å². The monoisotopic (exact) mass is 230 g/mol. The first-order valence-corrected chi connectivity index (χ1v) is 6.22. The number of allylic oxidation sites excluding steroid dienone is 6. The van der Waals surface area contributed by atoms with E-state index in [-0.39, 0.29) is 5.60 Å². The molecule has 0 radical (unpaired) electrons. The molecular weight excluding hydrogens is 220 g/mol. The van der Waals surface area contributed by atoms with Gasteiger partial charge in [0, 0.05) is 11.1 Å². The summed E-state index contributed by atoms with van der Waals surface area (Å²) >= 11 is 0. The predicted molar refractivity (Wildman–Crippen MR) is 70.6 cm³/mol. The molecule has 3 aliphatic carbocycles. The van der Waals surface area contributed by atoms with Gasteiger partial charge in [-0.15, -0.1) is 0 Å². The molecule has 1 heterocycles. The molecule has 0 aromatic heterocycles. The molecule has 1 aromatic rings. The van der Waals surface area contributed by atoms with E-state index < -0.39 is 0 Å². The summed E-state index contributed by atoms with van der Waals surface area (Å²) in [6.07, 6.45) is 13.0. The summed E-state index contributed by atoms with van der Waals surface area (Å²) in [7, 11) is 0. The fraction of sp³-hybridized carbons (Fsp3) is 0.0588. The van der Waals surface area contributed by atoms with Crippen LogP contribution in [-0.4, -0.2) is 0 Å². The van der Waals surface area contributed by atoms with Crippen molar-refractivity contribution in [2.75, 3.05) is 0 Å². The van der Waals surface area contributed by atoms with Crippen LogP contribution in [0.25, 0.3) is 6.08 Å². The first-order valence-electron chi connectivity index (χ1n) is 6.22. The van der Waals surface area contributed by atoms with E-state index in [0.717, 1.165) is 5.76 Å². The van der Waals surface area contributed by atoms with Crippen molar-refractivity contribution in [3.05, 3.63) is 88.3 Å². The minimum Gasteiger partial charge on any atom is -0.469 e. The first-order chi connectivity index (χ1) is 8.89. The van der Waals surface area contributed by atoms with Gasteiger partial charge in [0.1, 0.15) is 0 Å². The molecule has 0 saturated carbocycles. The van der Waals surface area contributed by atoms with Gasteiger partial charge in [-0.3, -0.25) is 0 Å². The molecule has 1 aromatic carbocycles. The molecule has 1 heteroatoms. The highest BCUT2D eigenvalue weighted by Crippen LogP contribution is 2.62. The van der Waals surface area contributed by atoms with Gasteiger partial charge < -0.3 is 4.74 Å². The van der Waals surface area contributed by atoms with E-state index in [9.17, 15) is 0 Å². The van der Waals surface area contributed by atoms with Gasteiger partial charge in [0.05, 0.1) is 0 Å². The van der Waals surface area contributed by atoms with Gasteiger partial charge in [-0.25, -0.2) is 0 Å². The Morgan fingerprint density at radius 2 is 1.94 bits per heavy atom. The number of hydrogen-bond donors (Lipinski definition) is 0. The molecule has 1 atom stereocenters. The summed E-state index contributed by atoms with van der Waals surface area (Å²) in [5, 5.41) is 0. The molecule has 4 aliphatic rings. The standard InChI is InChI=1S/C17H10O/c1-2-7-14-11(4-1)8-9-15-13-6-3-5-12(13)10-16-17(14,15)18-16/h1-10H/t17-/m0/s1. The lowest BCUT2D eigenvalue weighted by Gasteiger charge is -2.23. The fourth-order valence-electron chi connectivity index (χ4n) is 3.27. The molecule has 1 spiro atoms. The molecule has 0 N–H and O–H groups in total. The van der Waals surface area contributed by atoms with Crippen LogP contribution in [0.15, 0.2) is 77.1 Å². The van der Waals surface area contributed by atoms with Crippen LogP contribution in [-0.2, 0) is 10.3 Å². The van der Waals surface area contributed by atoms with Crippen molar-refractivity contribution in [3.8, 4) is 0 Å². The maximum absolute atomic E-state index is 6.01. The number of hydrogen-bond acceptors (Lipinski definition) is 1. The van der Waals surface area contributed by atoms with Gasteiger partial charge in [-0.1, -0.05) is 54.6 Å². The lowest BCUT2D eigenvalue weighted by Crippen LogP contribution is -2.18. The van der Waals surface area contributed by atoms with Gasteiger partial charge in [-0.05, 0) is 22.8 Å². The molecule has 0 bridgehead atoms. The van der Waals surface area contributed by atoms with Crippen LogP contribution in [0, 0.1) is 0 Å². The van der Waals surface area contributed by atoms with E-state index in [0.29, 0.717) is 0 Å². The van der Waals surface area contributed by atoms with Crippen molar-refractivity contribution in [2.45, 2.75) is 5.60 Å². The smallest absolute Gasteiger partial charge is 0.216 e. The van der Waals surface area contributed by atoms with Gasteiger partial charge in [-0.2, -0.15) is 0 Å². The normalized spacial score (nSPS) is 28.7. The zero-order valence-electron chi connectivity index (χ0n) is 9.68. The highest BCUT2D eigenvalue weighted by atomic mass is 16.6. The Bertz CT molecular complexity index is 756. The molecule has 84 valence electrons. The van der Waals surface area contributed by atoms with Crippen molar-refractivity contribution in [1.29, 1.82) is 0 Å². The second kappa shape index (κ2) is 2.59. The Morgan fingerprint density at radius 1 is 1.00 bits per heavy atom. The molecule has 1 fully saturated rings. The Morgan fingerprint density at radius 3 is 2.94 bits per heavy atom. The quantitative estimate of drug-likeness (QED) is 0.620. The van der Waals surface area contributed by atoms with Crippen LogP contribution in [0.5, 0.6) is 0 Å². The number of ether oxygens (including phenoxy) is 1. The molecular formula is C17H10O. The van der Waals surface area contributed by atoms with Crippen LogP contribution in [0.2, 0.25) is 0 Å². The van der Waals surface area contributed by atoms with Gasteiger partial charge in [0.2, 0.25) is 5.60 Å². The third kappa shape index (κ3) is 0.799. The van der Waals surface area contributed by atoms with Crippen LogP contribution >= 0.6 is 0 Å². The molecule has 1 nitrogen and oxygen atoms in total. The number of fused-ring (bicyclic) bond motifs is 2. The van der Waals surface area contributed by atoms with E-state index in [1.54, 1.807) is 0 Å². The molecule has 18 heavy (non-hydrogen) atoms. The third-order valence-corrected chi connectivity index (χ3v) is 4.14. The average molecular weight is 230 g/mol. The second-order valence-corrected chi connectivity index (χ2v) is 5.02. The number of epoxide rings is 1. The van der Waals surface area contributed by atoms with Crippen LogP contribution in [0.1, 0.15) is 11.1 Å². The second-order valence-electron chi connectivity index (χ2n) is 5.02. The van der Waals surface area contributed by atoms with Crippen molar-refractivity contribution in [3.63, 3.8) is 0 Å². The average Bonchev–Trinajstić information content (AvgIpc) is 2.92. The van der Waals surface area contributed by atoms with E-state index in [1.165, 1.54) is 27.8 Å². The van der Waals surface area contributed by atoms with Crippen LogP contribution < -0.4 is 0 Å². The maximum Gasteiger partial charge on any atom is 0.216 e. The summed E-state index contributed by atoms with van der Waals surface area (Å²) in [5.74, 6) is 1.09. The lowest BCUT2D eigenvalue weighted by molar-refractivity contribution is 0.357. The van der Waals surface area contributed by atoms with Gasteiger partial charge in [0.15, 0.2) is 5.76 Å². The lowest BCUT2D eigenvalue weighted by atomic mass is 9.76. The molecule has 1 saturated heterocycles. The highest BCUT2D eigenvalue weighted by molar-refractivity contribution is 5.78. The topological polar surface area (TPSA) is 12.5 Å². The van der Waals surface area contributed by atoms with Gasteiger partial charge in [0.25, 0.3) is 0 Å². The number of benzene rings is 1. The van der Waals surface area contributed by atoms with E-state index >= 15 is 0 Å². The number of rotatable bonds is 0. The summed E-state index contributed by atoms with van der Waals surface area (Å²) < 4.78 is 6.01. The summed E-state index contributed by atoms with van der Waals surface area (Å²) in [4.78, 5) is 0. The van der Waals surface area contributed by atoms with Crippen LogP contribution in [0.4, 0.5) is 0 Å². The van der Waals surface area contributed by atoms with Crippen LogP contribution in [0.3, 0.4) is 0 Å². The maximum atomic E-state index is 6.01. The zero-order valence-corrected chi connectivity index (χ0v) is 9.68. The minimum atomic E-state index is -0.271. The molecule has 5 rings (SSSR count). The Labute approximate surface area is 105 Å². The summed E-state index contributed by atoms with van der Waals surface area (Å²) in [6.45, 7) is 0. The minimum absolute atomic E-state index is 0.271.